The zero-order chi connectivity index (χ0) is 14.7. The maximum Gasteiger partial charge on any atom is 0.338 e. The van der Waals surface area contributed by atoms with Crippen molar-refractivity contribution in [3.05, 3.63) is 0 Å². The van der Waals surface area contributed by atoms with Crippen LogP contribution in [0.3, 0.4) is 0 Å². The van der Waals surface area contributed by atoms with Gasteiger partial charge in [0.25, 0.3) is 0 Å². The van der Waals surface area contributed by atoms with E-state index in [1.54, 1.807) is 6.92 Å². The summed E-state index contributed by atoms with van der Waals surface area (Å²) in [4.78, 5) is 23.3. The van der Waals surface area contributed by atoms with Crippen LogP contribution in [0, 0.1) is 0 Å². The number of methoxy groups -OCH3 is 1. The molecule has 0 aliphatic rings. The van der Waals surface area contributed by atoms with E-state index in [4.69, 9.17) is 14.2 Å². The summed E-state index contributed by atoms with van der Waals surface area (Å²) < 4.78 is 15.4. The Morgan fingerprint density at radius 1 is 1.11 bits per heavy atom. The Hall–Kier alpha value is -1.10. The molecule has 0 fully saturated rings. The Balaban J connectivity index is 4.37. The van der Waals surface area contributed by atoms with E-state index < -0.39 is 5.60 Å². The zero-order valence-electron chi connectivity index (χ0n) is 12.5. The second-order valence-corrected chi connectivity index (χ2v) is 4.35. The highest BCUT2D eigenvalue weighted by Crippen LogP contribution is 2.24. The van der Waals surface area contributed by atoms with Gasteiger partial charge in [-0.3, -0.25) is 4.79 Å². The summed E-state index contributed by atoms with van der Waals surface area (Å²) >= 11 is 0. The number of hydrogen-bond acceptors (Lipinski definition) is 5. The Morgan fingerprint density at radius 2 is 1.79 bits per heavy atom. The van der Waals surface area contributed by atoms with Gasteiger partial charge in [-0.2, -0.15) is 0 Å². The van der Waals surface area contributed by atoms with E-state index >= 15 is 0 Å². The highest BCUT2D eigenvalue weighted by Gasteiger charge is 2.38. The second kappa shape index (κ2) is 9.78. The Morgan fingerprint density at radius 3 is 2.26 bits per heavy atom. The normalized spacial score (nSPS) is 13.7. The minimum atomic E-state index is -0.943. The van der Waals surface area contributed by atoms with E-state index in [0.29, 0.717) is 38.9 Å². The van der Waals surface area contributed by atoms with Crippen molar-refractivity contribution in [3.63, 3.8) is 0 Å². The van der Waals surface area contributed by atoms with Gasteiger partial charge in [0.15, 0.2) is 5.60 Å². The number of esters is 2. The van der Waals surface area contributed by atoms with E-state index in [1.807, 2.05) is 13.8 Å². The molecule has 1 unspecified atom stereocenters. The van der Waals surface area contributed by atoms with Crippen LogP contribution >= 0.6 is 0 Å². The van der Waals surface area contributed by atoms with E-state index in [9.17, 15) is 9.59 Å². The van der Waals surface area contributed by atoms with Crippen molar-refractivity contribution < 1.29 is 23.8 Å². The fourth-order valence-electron chi connectivity index (χ4n) is 1.83. The molecule has 1 atom stereocenters. The van der Waals surface area contributed by atoms with Crippen LogP contribution < -0.4 is 0 Å². The molecule has 0 saturated heterocycles. The van der Waals surface area contributed by atoms with Gasteiger partial charge in [0.05, 0.1) is 13.2 Å². The first-order valence-corrected chi connectivity index (χ1v) is 6.94. The number of hydrogen-bond donors (Lipinski definition) is 0. The smallest absolute Gasteiger partial charge is 0.338 e. The van der Waals surface area contributed by atoms with Crippen LogP contribution in [0.1, 0.15) is 52.9 Å². The lowest BCUT2D eigenvalue weighted by atomic mass is 9.93. The molecule has 5 nitrogen and oxygen atoms in total. The molecule has 0 amide bonds. The van der Waals surface area contributed by atoms with Crippen LogP contribution in [-0.4, -0.2) is 37.9 Å². The van der Waals surface area contributed by atoms with Gasteiger partial charge in [0.1, 0.15) is 0 Å². The zero-order valence-corrected chi connectivity index (χ0v) is 12.5. The first-order valence-electron chi connectivity index (χ1n) is 6.94. The van der Waals surface area contributed by atoms with Gasteiger partial charge in [0, 0.05) is 13.5 Å². The molecule has 19 heavy (non-hydrogen) atoms. The van der Waals surface area contributed by atoms with E-state index in [2.05, 4.69) is 0 Å². The van der Waals surface area contributed by atoms with Crippen LogP contribution in [-0.2, 0) is 23.8 Å². The molecule has 0 radical (unpaired) electrons. The summed E-state index contributed by atoms with van der Waals surface area (Å²) in [7, 11) is 1.50. The minimum Gasteiger partial charge on any atom is -0.466 e. The maximum atomic E-state index is 12.0. The monoisotopic (exact) mass is 274 g/mol. The maximum absolute atomic E-state index is 12.0. The first-order chi connectivity index (χ1) is 9.06. The fraction of sp³-hybridized carbons (Fsp3) is 0.857. The molecule has 0 rings (SSSR count). The van der Waals surface area contributed by atoms with Crippen LogP contribution in [0.2, 0.25) is 0 Å². The number of ether oxygens (including phenoxy) is 3. The molecule has 0 aromatic rings. The van der Waals surface area contributed by atoms with Gasteiger partial charge in [-0.25, -0.2) is 4.79 Å². The van der Waals surface area contributed by atoms with Crippen molar-refractivity contribution >= 4 is 11.9 Å². The molecule has 0 saturated carbocycles. The van der Waals surface area contributed by atoms with Crippen molar-refractivity contribution in [3.8, 4) is 0 Å². The second-order valence-electron chi connectivity index (χ2n) is 4.35. The molecular formula is C14H26O5. The van der Waals surface area contributed by atoms with Gasteiger partial charge in [-0.15, -0.1) is 0 Å². The van der Waals surface area contributed by atoms with Gasteiger partial charge >= 0.3 is 11.9 Å². The average molecular weight is 274 g/mol. The first kappa shape index (κ1) is 17.9. The molecule has 0 bridgehead atoms. The molecule has 112 valence electrons. The molecule has 0 aliphatic carbocycles. The van der Waals surface area contributed by atoms with Crippen LogP contribution in [0.4, 0.5) is 0 Å². The highest BCUT2D eigenvalue weighted by molar-refractivity contribution is 5.79. The summed E-state index contributed by atoms with van der Waals surface area (Å²) in [6.07, 6.45) is 2.59. The Labute approximate surface area is 115 Å². The molecule has 0 aromatic heterocycles. The average Bonchev–Trinajstić information content (AvgIpc) is 2.41. The molecule has 0 spiro atoms. The number of rotatable bonds is 10. The Kier molecular flexibility index (Phi) is 9.21. The van der Waals surface area contributed by atoms with Crippen molar-refractivity contribution in [1.29, 1.82) is 0 Å². The predicted octanol–water partition coefficient (Wildman–Crippen LogP) is 2.47. The largest absolute Gasteiger partial charge is 0.466 e. The van der Waals surface area contributed by atoms with E-state index in [-0.39, 0.29) is 11.9 Å². The quantitative estimate of drug-likeness (QED) is 0.573. The lowest BCUT2D eigenvalue weighted by molar-refractivity contribution is -0.171. The fourth-order valence-corrected chi connectivity index (χ4v) is 1.83. The molecule has 0 aliphatic heterocycles. The number of carbonyl (C=O) groups excluding carboxylic acids is 2. The third-order valence-corrected chi connectivity index (χ3v) is 3.04. The molecule has 0 aromatic carbocycles. The van der Waals surface area contributed by atoms with Gasteiger partial charge in [-0.1, -0.05) is 13.8 Å². The SMILES string of the molecule is CCCOC(=O)C(CC)(CCCC(=O)OCC)OC. The highest BCUT2D eigenvalue weighted by atomic mass is 16.6. The van der Waals surface area contributed by atoms with Gasteiger partial charge < -0.3 is 14.2 Å². The minimum absolute atomic E-state index is 0.245. The summed E-state index contributed by atoms with van der Waals surface area (Å²) in [6, 6.07) is 0. The molecule has 0 heterocycles. The van der Waals surface area contributed by atoms with Crippen molar-refractivity contribution in [2.45, 2.75) is 58.5 Å². The molecule has 0 N–H and O–H groups in total. The van der Waals surface area contributed by atoms with Crippen molar-refractivity contribution in [2.24, 2.45) is 0 Å². The third kappa shape index (κ3) is 6.05. The summed E-state index contributed by atoms with van der Waals surface area (Å²) in [5, 5.41) is 0. The third-order valence-electron chi connectivity index (χ3n) is 3.04. The molecular weight excluding hydrogens is 248 g/mol. The topological polar surface area (TPSA) is 61.8 Å². The lowest BCUT2D eigenvalue weighted by Crippen LogP contribution is -2.41. The van der Waals surface area contributed by atoms with Gasteiger partial charge in [-0.05, 0) is 32.6 Å². The lowest BCUT2D eigenvalue weighted by Gasteiger charge is -2.28. The van der Waals surface area contributed by atoms with Crippen molar-refractivity contribution in [2.75, 3.05) is 20.3 Å². The molecule has 5 heteroatoms. The van der Waals surface area contributed by atoms with E-state index in [0.717, 1.165) is 6.42 Å². The Bertz CT molecular complexity index is 271. The summed E-state index contributed by atoms with van der Waals surface area (Å²) in [5.74, 6) is -0.589. The van der Waals surface area contributed by atoms with Crippen LogP contribution in [0.5, 0.6) is 0 Å². The predicted molar refractivity (Wildman–Crippen MR) is 71.8 cm³/mol. The van der Waals surface area contributed by atoms with Crippen LogP contribution in [0.25, 0.3) is 0 Å². The van der Waals surface area contributed by atoms with E-state index in [1.165, 1.54) is 7.11 Å². The van der Waals surface area contributed by atoms with Crippen LogP contribution in [0.15, 0.2) is 0 Å². The standard InChI is InChI=1S/C14H26O5/c1-5-11-19-13(16)14(6-2,17-4)10-8-9-12(15)18-7-3/h5-11H2,1-4H3. The number of carbonyl (C=O) groups is 2. The van der Waals surface area contributed by atoms with Gasteiger partial charge in [0.2, 0.25) is 0 Å². The van der Waals surface area contributed by atoms with Crippen molar-refractivity contribution in [1.82, 2.24) is 0 Å². The summed E-state index contributed by atoms with van der Waals surface area (Å²) in [6.45, 7) is 6.35. The summed E-state index contributed by atoms with van der Waals surface area (Å²) in [5.41, 5.74) is -0.943.